The van der Waals surface area contributed by atoms with Gasteiger partial charge in [-0.05, 0) is 64.4 Å². The van der Waals surface area contributed by atoms with Gasteiger partial charge in [-0.1, -0.05) is 0 Å². The number of nitrogens with one attached hydrogen (secondary N) is 1. The lowest BCUT2D eigenvalue weighted by atomic mass is 10.1. The fraction of sp³-hybridized carbons (Fsp3) is 0.647. The second kappa shape index (κ2) is 5.97. The van der Waals surface area contributed by atoms with Crippen LogP contribution in [-0.4, -0.2) is 45.6 Å². The largest absolute Gasteiger partial charge is 0.303 e. The van der Waals surface area contributed by atoms with Crippen LogP contribution in [0.4, 0.5) is 0 Å². The van der Waals surface area contributed by atoms with Gasteiger partial charge in [0.2, 0.25) is 0 Å². The molecule has 4 rings (SSSR count). The molecule has 2 unspecified atom stereocenters. The van der Waals surface area contributed by atoms with Crippen LogP contribution in [0.3, 0.4) is 0 Å². The number of nitrogens with zero attached hydrogens (tertiary/aromatic N) is 4. The van der Waals surface area contributed by atoms with Gasteiger partial charge in [0.25, 0.3) is 0 Å². The van der Waals surface area contributed by atoms with Gasteiger partial charge in [0.05, 0.1) is 6.17 Å². The maximum atomic E-state index is 4.92. The van der Waals surface area contributed by atoms with Gasteiger partial charge in [-0.15, -0.1) is 0 Å². The highest BCUT2D eigenvalue weighted by molar-refractivity contribution is 5.71. The van der Waals surface area contributed by atoms with Gasteiger partial charge in [-0.3, -0.25) is 9.88 Å². The average molecular weight is 299 g/mol. The second-order valence-corrected chi connectivity index (χ2v) is 6.69. The van der Waals surface area contributed by atoms with E-state index in [1.54, 1.807) is 0 Å². The van der Waals surface area contributed by atoms with Gasteiger partial charge in [-0.2, -0.15) is 0 Å². The first-order valence-corrected chi connectivity index (χ1v) is 8.58. The average Bonchev–Trinajstić information content (AvgIpc) is 3.12. The highest BCUT2D eigenvalue weighted by Gasteiger charge is 2.27. The van der Waals surface area contributed by atoms with Crippen molar-refractivity contribution in [3.63, 3.8) is 0 Å². The van der Waals surface area contributed by atoms with Gasteiger partial charge >= 0.3 is 0 Å². The zero-order chi connectivity index (χ0) is 14.9. The molecule has 0 amide bonds. The van der Waals surface area contributed by atoms with Gasteiger partial charge < -0.3 is 4.90 Å². The molecule has 0 spiro atoms. The molecular weight excluding hydrogens is 274 g/mol. The molecule has 2 aromatic heterocycles. The predicted molar refractivity (Wildman–Crippen MR) is 87.8 cm³/mol. The molecule has 0 radical (unpaired) electrons. The molecule has 1 N–H and O–H groups in total. The Labute approximate surface area is 131 Å². The first kappa shape index (κ1) is 14.2. The third-order valence-electron chi connectivity index (χ3n) is 5.21. The summed E-state index contributed by atoms with van der Waals surface area (Å²) in [6.45, 7) is 2.31. The van der Waals surface area contributed by atoms with E-state index in [1.807, 2.05) is 12.3 Å². The molecule has 2 saturated heterocycles. The third kappa shape index (κ3) is 2.52. The summed E-state index contributed by atoms with van der Waals surface area (Å²) in [5.41, 5.74) is 2.07. The van der Waals surface area contributed by atoms with E-state index in [-0.39, 0.29) is 0 Å². The Kier molecular flexibility index (Phi) is 3.84. The summed E-state index contributed by atoms with van der Waals surface area (Å²) in [7, 11) is 2.24. The van der Waals surface area contributed by atoms with Crippen LogP contribution in [0.25, 0.3) is 11.2 Å². The first-order valence-electron chi connectivity index (χ1n) is 8.58. The number of piperidine rings is 1. The standard InChI is InChI=1S/C17H25N5/c1-21-11-5-6-13(21)12-16-20-14-7-4-10-19-17(14)22(16)15-8-2-3-9-18-15/h4,7,10,13,15,18H,2-3,5-6,8-9,11-12H2,1H3. The van der Waals surface area contributed by atoms with Crippen LogP contribution in [0, 0.1) is 0 Å². The summed E-state index contributed by atoms with van der Waals surface area (Å²) in [5.74, 6) is 1.20. The van der Waals surface area contributed by atoms with Crippen LogP contribution in [0.1, 0.15) is 44.1 Å². The minimum atomic E-state index is 0.357. The number of imidazole rings is 1. The fourth-order valence-corrected chi connectivity index (χ4v) is 3.95. The molecule has 2 atom stereocenters. The molecule has 0 aromatic carbocycles. The number of pyridine rings is 1. The maximum Gasteiger partial charge on any atom is 0.161 e. The van der Waals surface area contributed by atoms with E-state index in [1.165, 1.54) is 44.5 Å². The van der Waals surface area contributed by atoms with E-state index in [2.05, 4.69) is 32.9 Å². The maximum absolute atomic E-state index is 4.92. The molecule has 118 valence electrons. The van der Waals surface area contributed by atoms with Crippen LogP contribution < -0.4 is 5.32 Å². The monoisotopic (exact) mass is 299 g/mol. The fourth-order valence-electron chi connectivity index (χ4n) is 3.95. The number of hydrogen-bond acceptors (Lipinski definition) is 4. The highest BCUT2D eigenvalue weighted by Crippen LogP contribution is 2.27. The Morgan fingerprint density at radius 2 is 2.23 bits per heavy atom. The summed E-state index contributed by atoms with van der Waals surface area (Å²) in [5, 5.41) is 3.66. The van der Waals surface area contributed by atoms with E-state index in [0.29, 0.717) is 12.2 Å². The lowest BCUT2D eigenvalue weighted by Crippen LogP contribution is -2.34. The molecule has 0 saturated carbocycles. The molecular formula is C17H25N5. The Balaban J connectivity index is 1.72. The van der Waals surface area contributed by atoms with Crippen molar-refractivity contribution in [2.45, 2.75) is 50.7 Å². The van der Waals surface area contributed by atoms with E-state index in [9.17, 15) is 0 Å². The highest BCUT2D eigenvalue weighted by atomic mass is 15.3. The van der Waals surface area contributed by atoms with Crippen molar-refractivity contribution in [3.05, 3.63) is 24.2 Å². The van der Waals surface area contributed by atoms with Crippen LogP contribution in [0.2, 0.25) is 0 Å². The Morgan fingerprint density at radius 1 is 1.27 bits per heavy atom. The molecule has 2 aromatic rings. The summed E-state index contributed by atoms with van der Waals surface area (Å²) in [4.78, 5) is 12.0. The molecule has 0 aliphatic carbocycles. The number of rotatable bonds is 3. The molecule has 2 aliphatic rings. The van der Waals surface area contributed by atoms with Crippen LogP contribution in [-0.2, 0) is 6.42 Å². The zero-order valence-electron chi connectivity index (χ0n) is 13.3. The predicted octanol–water partition coefficient (Wildman–Crippen LogP) is 2.34. The van der Waals surface area contributed by atoms with E-state index in [0.717, 1.165) is 24.1 Å². The summed E-state index contributed by atoms with van der Waals surface area (Å²) < 4.78 is 2.38. The molecule has 22 heavy (non-hydrogen) atoms. The Hall–Kier alpha value is -1.46. The van der Waals surface area contributed by atoms with Crippen molar-refractivity contribution in [1.82, 2.24) is 24.8 Å². The Bertz CT molecular complexity index is 644. The summed E-state index contributed by atoms with van der Waals surface area (Å²) >= 11 is 0. The van der Waals surface area contributed by atoms with Crippen molar-refractivity contribution in [3.8, 4) is 0 Å². The SMILES string of the molecule is CN1CCCC1Cc1nc2cccnc2n1C1CCCCN1. The molecule has 4 heterocycles. The molecule has 5 nitrogen and oxygen atoms in total. The number of hydrogen-bond donors (Lipinski definition) is 1. The van der Waals surface area contributed by atoms with Crippen molar-refractivity contribution >= 4 is 11.2 Å². The van der Waals surface area contributed by atoms with Gasteiger partial charge in [0, 0.05) is 18.7 Å². The van der Waals surface area contributed by atoms with Crippen molar-refractivity contribution in [1.29, 1.82) is 0 Å². The molecule has 2 aliphatic heterocycles. The van der Waals surface area contributed by atoms with E-state index < -0.39 is 0 Å². The van der Waals surface area contributed by atoms with Gasteiger partial charge in [-0.25, -0.2) is 9.97 Å². The molecule has 0 bridgehead atoms. The lowest BCUT2D eigenvalue weighted by Gasteiger charge is -2.27. The summed E-state index contributed by atoms with van der Waals surface area (Å²) in [6.07, 6.45) is 9.60. The lowest BCUT2D eigenvalue weighted by molar-refractivity contribution is 0.286. The topological polar surface area (TPSA) is 46.0 Å². The molecule has 5 heteroatoms. The minimum Gasteiger partial charge on any atom is -0.303 e. The Morgan fingerprint density at radius 3 is 3.00 bits per heavy atom. The second-order valence-electron chi connectivity index (χ2n) is 6.69. The van der Waals surface area contributed by atoms with Crippen LogP contribution in [0.15, 0.2) is 18.3 Å². The van der Waals surface area contributed by atoms with E-state index >= 15 is 0 Å². The summed E-state index contributed by atoms with van der Waals surface area (Å²) in [6, 6.07) is 4.70. The van der Waals surface area contributed by atoms with Crippen molar-refractivity contribution in [2.24, 2.45) is 0 Å². The zero-order valence-corrected chi connectivity index (χ0v) is 13.3. The minimum absolute atomic E-state index is 0.357. The van der Waals surface area contributed by atoms with E-state index in [4.69, 9.17) is 4.98 Å². The smallest absolute Gasteiger partial charge is 0.161 e. The third-order valence-corrected chi connectivity index (χ3v) is 5.21. The van der Waals surface area contributed by atoms with Gasteiger partial charge in [0.15, 0.2) is 5.65 Å². The number of aromatic nitrogens is 3. The normalized spacial score (nSPS) is 26.8. The van der Waals surface area contributed by atoms with Crippen LogP contribution >= 0.6 is 0 Å². The molecule has 2 fully saturated rings. The number of likely N-dealkylation sites (tertiary alicyclic amines) is 1. The van der Waals surface area contributed by atoms with Crippen molar-refractivity contribution < 1.29 is 0 Å². The number of fused-ring (bicyclic) bond motifs is 1. The number of likely N-dealkylation sites (N-methyl/N-ethyl adjacent to an activating group) is 1. The first-order chi connectivity index (χ1) is 10.8. The quantitative estimate of drug-likeness (QED) is 0.945. The van der Waals surface area contributed by atoms with Gasteiger partial charge in [0.1, 0.15) is 11.3 Å². The van der Waals surface area contributed by atoms with Crippen molar-refractivity contribution in [2.75, 3.05) is 20.1 Å². The van der Waals surface area contributed by atoms with Crippen LogP contribution in [0.5, 0.6) is 0 Å².